The Morgan fingerprint density at radius 1 is 0.974 bits per heavy atom. The Bertz CT molecular complexity index is 1550. The number of halogens is 2. The molecule has 1 fully saturated rings. The lowest BCUT2D eigenvalue weighted by molar-refractivity contribution is -0.120. The van der Waals surface area contributed by atoms with E-state index in [1.54, 1.807) is 36.4 Å². The Morgan fingerprint density at radius 3 is 2.28 bits per heavy atom. The van der Waals surface area contributed by atoms with Crippen molar-refractivity contribution < 1.29 is 26.4 Å². The smallest absolute Gasteiger partial charge is 0.261 e. The lowest BCUT2D eigenvalue weighted by atomic mass is 9.99. The zero-order valence-electron chi connectivity index (χ0n) is 20.9. The Kier molecular flexibility index (Phi) is 9.07. The Morgan fingerprint density at radius 2 is 1.64 bits per heavy atom. The number of nitrogens with zero attached hydrogens (tertiary/aromatic N) is 1. The number of anilines is 2. The standard InChI is InChI=1S/C26H27Cl2N3O6S2/c1-37-23-10-6-22(7-11-23)30-39(35,36)24-12-8-21(9-13-24)29-26(32)18-3-2-14-31(16-18)38(33,34)17-19-4-5-20(27)15-25(19)28/h4-13,15,18,30H,2-3,14,16-17H2,1H3,(H,29,32)/t18-/m1/s1. The third-order valence-corrected chi connectivity index (χ3v) is 10.1. The number of piperidine rings is 1. The summed E-state index contributed by atoms with van der Waals surface area (Å²) in [5, 5.41) is 3.44. The zero-order valence-corrected chi connectivity index (χ0v) is 24.1. The largest absolute Gasteiger partial charge is 0.497 e. The number of benzene rings is 3. The summed E-state index contributed by atoms with van der Waals surface area (Å²) in [4.78, 5) is 13.0. The van der Waals surface area contributed by atoms with Gasteiger partial charge in [0.15, 0.2) is 0 Å². The fourth-order valence-electron chi connectivity index (χ4n) is 4.17. The number of amides is 1. The van der Waals surface area contributed by atoms with Gasteiger partial charge in [-0.25, -0.2) is 21.1 Å². The maximum absolute atomic E-state index is 13.0. The minimum atomic E-state index is -3.85. The van der Waals surface area contributed by atoms with Gasteiger partial charge in [-0.2, -0.15) is 0 Å². The van der Waals surface area contributed by atoms with Crippen LogP contribution >= 0.6 is 23.2 Å². The van der Waals surface area contributed by atoms with Crippen LogP contribution in [0, 0.1) is 5.92 Å². The Labute approximate surface area is 238 Å². The minimum absolute atomic E-state index is 0.0205. The molecule has 2 N–H and O–H groups in total. The SMILES string of the molecule is COc1ccc(NS(=O)(=O)c2ccc(NC(=O)[C@@H]3CCCN(S(=O)(=O)Cc4ccc(Cl)cc4Cl)C3)cc2)cc1. The van der Waals surface area contributed by atoms with Crippen LogP contribution in [0.2, 0.25) is 10.0 Å². The van der Waals surface area contributed by atoms with Crippen LogP contribution in [-0.4, -0.2) is 47.2 Å². The summed E-state index contributed by atoms with van der Waals surface area (Å²) >= 11 is 12.1. The molecule has 9 nitrogen and oxygen atoms in total. The molecule has 0 bridgehead atoms. The van der Waals surface area contributed by atoms with E-state index in [1.165, 1.54) is 41.7 Å². The number of rotatable bonds is 9. The van der Waals surface area contributed by atoms with E-state index in [9.17, 15) is 21.6 Å². The average Bonchev–Trinajstić information content (AvgIpc) is 2.91. The zero-order chi connectivity index (χ0) is 28.2. The highest BCUT2D eigenvalue weighted by molar-refractivity contribution is 7.92. The molecule has 3 aromatic carbocycles. The predicted octanol–water partition coefficient (Wildman–Crippen LogP) is 4.98. The maximum atomic E-state index is 13.0. The maximum Gasteiger partial charge on any atom is 0.261 e. The molecule has 0 aliphatic carbocycles. The molecule has 1 aliphatic rings. The molecule has 1 aliphatic heterocycles. The van der Waals surface area contributed by atoms with Gasteiger partial charge < -0.3 is 10.1 Å². The van der Waals surface area contributed by atoms with E-state index < -0.39 is 26.0 Å². The van der Waals surface area contributed by atoms with Crippen molar-refractivity contribution in [2.24, 2.45) is 5.92 Å². The number of nitrogens with one attached hydrogen (secondary N) is 2. The molecule has 0 unspecified atom stereocenters. The van der Waals surface area contributed by atoms with E-state index in [0.717, 1.165) is 0 Å². The van der Waals surface area contributed by atoms with Gasteiger partial charge >= 0.3 is 0 Å². The number of ether oxygens (including phenoxy) is 1. The summed E-state index contributed by atoms with van der Waals surface area (Å²) in [6.07, 6.45) is 1.05. The summed E-state index contributed by atoms with van der Waals surface area (Å²) < 4.78 is 60.4. The van der Waals surface area contributed by atoms with Crippen LogP contribution in [0.1, 0.15) is 18.4 Å². The van der Waals surface area contributed by atoms with Crippen molar-refractivity contribution in [3.05, 3.63) is 82.3 Å². The van der Waals surface area contributed by atoms with E-state index in [4.69, 9.17) is 27.9 Å². The van der Waals surface area contributed by atoms with E-state index in [0.29, 0.717) is 47.1 Å². The number of sulfonamides is 2. The summed E-state index contributed by atoms with van der Waals surface area (Å²) in [5.41, 5.74) is 1.21. The van der Waals surface area contributed by atoms with Gasteiger partial charge in [0.25, 0.3) is 10.0 Å². The number of carbonyl (C=O) groups excluding carboxylic acids is 1. The monoisotopic (exact) mass is 611 g/mol. The van der Waals surface area contributed by atoms with E-state index >= 15 is 0 Å². The molecule has 0 aromatic heterocycles. The second-order valence-corrected chi connectivity index (χ2v) is 13.5. The first-order valence-electron chi connectivity index (χ1n) is 12.0. The number of methoxy groups -OCH3 is 1. The highest BCUT2D eigenvalue weighted by atomic mass is 35.5. The van der Waals surface area contributed by atoms with Gasteiger partial charge in [0.05, 0.1) is 23.7 Å². The Hall–Kier alpha value is -2.83. The van der Waals surface area contributed by atoms with Gasteiger partial charge in [0.1, 0.15) is 5.75 Å². The summed E-state index contributed by atoms with van der Waals surface area (Å²) in [5.74, 6) is -0.596. The molecular formula is C26H27Cl2N3O6S2. The summed E-state index contributed by atoms with van der Waals surface area (Å²) in [6.45, 7) is 0.350. The van der Waals surface area contributed by atoms with Crippen LogP contribution in [0.4, 0.5) is 11.4 Å². The highest BCUT2D eigenvalue weighted by Crippen LogP contribution is 2.27. The molecule has 0 spiro atoms. The molecule has 0 saturated carbocycles. The number of hydrogen-bond acceptors (Lipinski definition) is 6. The lowest BCUT2D eigenvalue weighted by Gasteiger charge is -2.31. The number of carbonyl (C=O) groups is 1. The van der Waals surface area contributed by atoms with Crippen molar-refractivity contribution in [1.82, 2.24) is 4.31 Å². The molecule has 1 amide bonds. The van der Waals surface area contributed by atoms with Crippen molar-refractivity contribution in [3.8, 4) is 5.75 Å². The van der Waals surface area contributed by atoms with Crippen LogP contribution in [0.25, 0.3) is 0 Å². The third kappa shape index (κ3) is 7.43. The van der Waals surface area contributed by atoms with Gasteiger partial charge in [0.2, 0.25) is 15.9 Å². The second-order valence-electron chi connectivity index (χ2n) is 9.04. The van der Waals surface area contributed by atoms with E-state index in [-0.39, 0.29) is 28.1 Å². The van der Waals surface area contributed by atoms with Crippen molar-refractivity contribution in [2.45, 2.75) is 23.5 Å². The first kappa shape index (κ1) is 29.2. The van der Waals surface area contributed by atoms with Crippen molar-refractivity contribution in [1.29, 1.82) is 0 Å². The number of hydrogen-bond donors (Lipinski definition) is 2. The predicted molar refractivity (Wildman–Crippen MR) is 152 cm³/mol. The Balaban J connectivity index is 1.37. The first-order chi connectivity index (χ1) is 18.5. The molecule has 1 saturated heterocycles. The van der Waals surface area contributed by atoms with Crippen LogP contribution in [0.3, 0.4) is 0 Å². The normalized spacial score (nSPS) is 16.4. The molecule has 1 heterocycles. The van der Waals surface area contributed by atoms with Crippen LogP contribution in [0.5, 0.6) is 5.75 Å². The quantitative estimate of drug-likeness (QED) is 0.352. The third-order valence-electron chi connectivity index (χ3n) is 6.28. The molecular weight excluding hydrogens is 585 g/mol. The van der Waals surface area contributed by atoms with Gasteiger partial charge in [-0.3, -0.25) is 9.52 Å². The summed E-state index contributed by atoms with van der Waals surface area (Å²) in [6, 6.07) is 16.8. The first-order valence-corrected chi connectivity index (χ1v) is 15.8. The van der Waals surface area contributed by atoms with Crippen molar-refractivity contribution in [3.63, 3.8) is 0 Å². The molecule has 3 aromatic rings. The molecule has 208 valence electrons. The van der Waals surface area contributed by atoms with Crippen molar-refractivity contribution >= 4 is 60.5 Å². The van der Waals surface area contributed by atoms with Gasteiger partial charge in [-0.1, -0.05) is 29.3 Å². The minimum Gasteiger partial charge on any atom is -0.497 e. The molecule has 4 rings (SSSR count). The molecule has 0 radical (unpaired) electrons. The van der Waals surface area contributed by atoms with E-state index in [1.807, 2.05) is 0 Å². The summed E-state index contributed by atoms with van der Waals surface area (Å²) in [7, 11) is -6.05. The van der Waals surface area contributed by atoms with Gasteiger partial charge in [0, 0.05) is 34.5 Å². The van der Waals surface area contributed by atoms with Crippen LogP contribution in [-0.2, 0) is 30.6 Å². The van der Waals surface area contributed by atoms with Gasteiger partial charge in [-0.15, -0.1) is 0 Å². The average molecular weight is 613 g/mol. The van der Waals surface area contributed by atoms with Crippen LogP contribution in [0.15, 0.2) is 71.6 Å². The topological polar surface area (TPSA) is 122 Å². The van der Waals surface area contributed by atoms with Crippen molar-refractivity contribution in [2.75, 3.05) is 30.2 Å². The fraction of sp³-hybridized carbons (Fsp3) is 0.269. The molecule has 1 atom stereocenters. The highest BCUT2D eigenvalue weighted by Gasteiger charge is 2.33. The van der Waals surface area contributed by atoms with E-state index in [2.05, 4.69) is 10.0 Å². The van der Waals surface area contributed by atoms with Crippen LogP contribution < -0.4 is 14.8 Å². The fourth-order valence-corrected chi connectivity index (χ4v) is 7.43. The molecule has 39 heavy (non-hydrogen) atoms. The second kappa shape index (κ2) is 12.1. The lowest BCUT2D eigenvalue weighted by Crippen LogP contribution is -2.44. The van der Waals surface area contributed by atoms with Gasteiger partial charge in [-0.05, 0) is 79.1 Å². The molecule has 13 heteroatoms.